The van der Waals surface area contributed by atoms with Gasteiger partial charge in [0.1, 0.15) is 0 Å². The lowest BCUT2D eigenvalue weighted by Gasteiger charge is -2.09. The lowest BCUT2D eigenvalue weighted by atomic mass is 10.2. The minimum absolute atomic E-state index is 0.797. The standard InChI is InChI=1S/C15H16ClNS/c1-17-10-13-7-8-14(16)9-15(13)18-11-12-5-3-2-4-6-12/h2-9,17H,10-11H2,1H3. The lowest BCUT2D eigenvalue weighted by molar-refractivity contribution is 0.803. The van der Waals surface area contributed by atoms with E-state index in [1.165, 1.54) is 16.0 Å². The molecule has 0 aliphatic carbocycles. The zero-order valence-electron chi connectivity index (χ0n) is 10.3. The van der Waals surface area contributed by atoms with Crippen molar-refractivity contribution in [1.82, 2.24) is 5.32 Å². The molecule has 0 spiro atoms. The average molecular weight is 278 g/mol. The maximum Gasteiger partial charge on any atom is 0.0417 e. The molecule has 3 heteroatoms. The van der Waals surface area contributed by atoms with Crippen LogP contribution < -0.4 is 5.32 Å². The summed E-state index contributed by atoms with van der Waals surface area (Å²) in [4.78, 5) is 1.25. The molecule has 94 valence electrons. The fourth-order valence-corrected chi connectivity index (χ4v) is 3.02. The third-order valence-corrected chi connectivity index (χ3v) is 4.04. The minimum atomic E-state index is 0.797. The van der Waals surface area contributed by atoms with E-state index >= 15 is 0 Å². The number of hydrogen-bond acceptors (Lipinski definition) is 2. The minimum Gasteiger partial charge on any atom is -0.316 e. The summed E-state index contributed by atoms with van der Waals surface area (Å²) in [5, 5.41) is 3.98. The number of benzene rings is 2. The third-order valence-electron chi connectivity index (χ3n) is 2.63. The first-order valence-electron chi connectivity index (χ1n) is 5.89. The van der Waals surface area contributed by atoms with E-state index in [2.05, 4.69) is 35.6 Å². The molecule has 0 saturated heterocycles. The first kappa shape index (κ1) is 13.5. The fourth-order valence-electron chi connectivity index (χ4n) is 1.73. The summed E-state index contributed by atoms with van der Waals surface area (Å²) in [7, 11) is 1.96. The molecule has 2 aromatic rings. The van der Waals surface area contributed by atoms with Crippen molar-refractivity contribution >= 4 is 23.4 Å². The maximum absolute atomic E-state index is 6.06. The first-order chi connectivity index (χ1) is 8.79. The largest absolute Gasteiger partial charge is 0.316 e. The van der Waals surface area contributed by atoms with E-state index in [0.29, 0.717) is 0 Å². The predicted octanol–water partition coefficient (Wildman–Crippen LogP) is 4.35. The molecule has 0 aliphatic rings. The monoisotopic (exact) mass is 277 g/mol. The topological polar surface area (TPSA) is 12.0 Å². The highest BCUT2D eigenvalue weighted by molar-refractivity contribution is 7.98. The Hall–Kier alpha value is -0.960. The van der Waals surface area contributed by atoms with Crippen molar-refractivity contribution in [2.75, 3.05) is 7.05 Å². The molecule has 1 nitrogen and oxygen atoms in total. The summed E-state index contributed by atoms with van der Waals surface area (Å²) in [5.41, 5.74) is 2.63. The van der Waals surface area contributed by atoms with E-state index in [9.17, 15) is 0 Å². The lowest BCUT2D eigenvalue weighted by Crippen LogP contribution is -2.06. The van der Waals surface area contributed by atoms with E-state index in [-0.39, 0.29) is 0 Å². The molecule has 0 fully saturated rings. The fraction of sp³-hybridized carbons (Fsp3) is 0.200. The van der Waals surface area contributed by atoms with Crippen LogP contribution in [0.25, 0.3) is 0 Å². The van der Waals surface area contributed by atoms with Crippen LogP contribution in [0.4, 0.5) is 0 Å². The van der Waals surface area contributed by atoms with Crippen molar-refractivity contribution in [3.8, 4) is 0 Å². The van der Waals surface area contributed by atoms with Crippen LogP contribution in [0.2, 0.25) is 5.02 Å². The van der Waals surface area contributed by atoms with Crippen molar-refractivity contribution in [3.63, 3.8) is 0 Å². The second-order valence-electron chi connectivity index (χ2n) is 4.06. The van der Waals surface area contributed by atoms with Crippen LogP contribution in [-0.4, -0.2) is 7.05 Å². The summed E-state index contributed by atoms with van der Waals surface area (Å²) in [6.07, 6.45) is 0. The summed E-state index contributed by atoms with van der Waals surface area (Å²) >= 11 is 7.89. The van der Waals surface area contributed by atoms with E-state index in [0.717, 1.165) is 17.3 Å². The SMILES string of the molecule is CNCc1ccc(Cl)cc1SCc1ccccc1. The van der Waals surface area contributed by atoms with Crippen molar-refractivity contribution in [2.45, 2.75) is 17.2 Å². The molecule has 0 heterocycles. The van der Waals surface area contributed by atoms with Crippen LogP contribution in [-0.2, 0) is 12.3 Å². The molecular formula is C15H16ClNS. The van der Waals surface area contributed by atoms with Crippen LogP contribution in [0.3, 0.4) is 0 Å². The van der Waals surface area contributed by atoms with Crippen LogP contribution in [0.15, 0.2) is 53.4 Å². The van der Waals surface area contributed by atoms with Gasteiger partial charge in [-0.15, -0.1) is 11.8 Å². The Morgan fingerprint density at radius 1 is 1.11 bits per heavy atom. The normalized spacial score (nSPS) is 10.6. The molecule has 2 rings (SSSR count). The second kappa shape index (κ2) is 6.83. The van der Waals surface area contributed by atoms with Gasteiger partial charge in [0.15, 0.2) is 0 Å². The highest BCUT2D eigenvalue weighted by Gasteiger charge is 2.04. The second-order valence-corrected chi connectivity index (χ2v) is 5.51. The summed E-state index contributed by atoms with van der Waals surface area (Å²) in [5.74, 6) is 0.970. The summed E-state index contributed by atoms with van der Waals surface area (Å²) in [6, 6.07) is 16.6. The van der Waals surface area contributed by atoms with Gasteiger partial charge in [-0.1, -0.05) is 48.0 Å². The predicted molar refractivity (Wildman–Crippen MR) is 80.2 cm³/mol. The van der Waals surface area contributed by atoms with E-state index in [4.69, 9.17) is 11.6 Å². The van der Waals surface area contributed by atoms with Gasteiger partial charge in [-0.2, -0.15) is 0 Å². The summed E-state index contributed by atoms with van der Waals surface area (Å²) < 4.78 is 0. The Labute approximate surface area is 118 Å². The molecule has 0 atom stereocenters. The number of nitrogens with one attached hydrogen (secondary N) is 1. The number of hydrogen-bond donors (Lipinski definition) is 1. The van der Waals surface area contributed by atoms with Gasteiger partial charge >= 0.3 is 0 Å². The Morgan fingerprint density at radius 2 is 1.89 bits per heavy atom. The van der Waals surface area contributed by atoms with E-state index < -0.39 is 0 Å². The van der Waals surface area contributed by atoms with Crippen LogP contribution in [0.1, 0.15) is 11.1 Å². The number of thioether (sulfide) groups is 1. The van der Waals surface area contributed by atoms with Crippen molar-refractivity contribution in [1.29, 1.82) is 0 Å². The molecule has 2 aromatic carbocycles. The van der Waals surface area contributed by atoms with Gasteiger partial charge < -0.3 is 5.32 Å². The smallest absolute Gasteiger partial charge is 0.0417 e. The van der Waals surface area contributed by atoms with Crippen LogP contribution in [0.5, 0.6) is 0 Å². The average Bonchev–Trinajstić information content (AvgIpc) is 2.40. The zero-order chi connectivity index (χ0) is 12.8. The van der Waals surface area contributed by atoms with Crippen LogP contribution in [0, 0.1) is 0 Å². The highest BCUT2D eigenvalue weighted by Crippen LogP contribution is 2.29. The Balaban J connectivity index is 2.10. The van der Waals surface area contributed by atoms with Gasteiger partial charge in [0.2, 0.25) is 0 Å². The van der Waals surface area contributed by atoms with E-state index in [1.807, 2.05) is 37.0 Å². The van der Waals surface area contributed by atoms with Gasteiger partial charge in [0, 0.05) is 22.2 Å². The summed E-state index contributed by atoms with van der Waals surface area (Å²) in [6.45, 7) is 0.869. The quantitative estimate of drug-likeness (QED) is 0.816. The van der Waals surface area contributed by atoms with Crippen LogP contribution >= 0.6 is 23.4 Å². The van der Waals surface area contributed by atoms with Gasteiger partial charge in [0.25, 0.3) is 0 Å². The zero-order valence-corrected chi connectivity index (χ0v) is 11.9. The van der Waals surface area contributed by atoms with Gasteiger partial charge in [-0.05, 0) is 30.3 Å². The number of rotatable bonds is 5. The molecule has 0 unspecified atom stereocenters. The molecule has 0 bridgehead atoms. The van der Waals surface area contributed by atoms with Gasteiger partial charge in [0.05, 0.1) is 0 Å². The molecular weight excluding hydrogens is 262 g/mol. The van der Waals surface area contributed by atoms with E-state index in [1.54, 1.807) is 0 Å². The molecule has 0 amide bonds. The van der Waals surface area contributed by atoms with Gasteiger partial charge in [-0.25, -0.2) is 0 Å². The Bertz CT molecular complexity index is 499. The molecule has 0 radical (unpaired) electrons. The molecule has 18 heavy (non-hydrogen) atoms. The van der Waals surface area contributed by atoms with Crippen molar-refractivity contribution in [2.24, 2.45) is 0 Å². The number of halogens is 1. The molecule has 0 saturated carbocycles. The molecule has 0 aliphatic heterocycles. The van der Waals surface area contributed by atoms with Gasteiger partial charge in [-0.3, -0.25) is 0 Å². The third kappa shape index (κ3) is 3.77. The first-order valence-corrected chi connectivity index (χ1v) is 7.25. The molecule has 1 N–H and O–H groups in total. The maximum atomic E-state index is 6.06. The van der Waals surface area contributed by atoms with Crippen molar-refractivity contribution in [3.05, 3.63) is 64.7 Å². The highest BCUT2D eigenvalue weighted by atomic mass is 35.5. The Kier molecular flexibility index (Phi) is 5.12. The Morgan fingerprint density at radius 3 is 2.61 bits per heavy atom. The molecule has 0 aromatic heterocycles. The van der Waals surface area contributed by atoms with Crippen molar-refractivity contribution < 1.29 is 0 Å².